The van der Waals surface area contributed by atoms with Gasteiger partial charge >= 0.3 is 5.97 Å². The zero-order valence-electron chi connectivity index (χ0n) is 25.3. The van der Waals surface area contributed by atoms with Gasteiger partial charge in [-0.3, -0.25) is 9.59 Å². The number of phenolic OH excluding ortho intramolecular Hbond substituents is 2. The minimum Gasteiger partial charge on any atom is -0.507 e. The summed E-state index contributed by atoms with van der Waals surface area (Å²) in [6.45, 7) is 9.49. The monoisotopic (exact) mass is 618 g/mol. The fourth-order valence-electron chi connectivity index (χ4n) is 7.35. The zero-order valence-corrected chi connectivity index (χ0v) is 26.1. The van der Waals surface area contributed by atoms with Crippen LogP contribution < -0.4 is 4.74 Å². The third-order valence-corrected chi connectivity index (χ3v) is 9.77. The van der Waals surface area contributed by atoms with Gasteiger partial charge in [-0.15, -0.1) is 0 Å². The number of carbonyl (C=O) groups is 3. The van der Waals surface area contributed by atoms with E-state index in [1.165, 1.54) is 0 Å². The quantitative estimate of drug-likeness (QED) is 0.273. The Bertz CT molecular complexity index is 1690. The van der Waals surface area contributed by atoms with E-state index in [2.05, 4.69) is 0 Å². The van der Waals surface area contributed by atoms with Crippen LogP contribution in [0, 0.1) is 17.8 Å². The van der Waals surface area contributed by atoms with E-state index in [9.17, 15) is 24.6 Å². The molecule has 5 atom stereocenters. The van der Waals surface area contributed by atoms with Crippen LogP contribution in [-0.2, 0) is 20.7 Å². The predicted octanol–water partition coefficient (Wildman–Crippen LogP) is 6.32. The highest BCUT2D eigenvalue weighted by atomic mass is 35.5. The van der Waals surface area contributed by atoms with E-state index in [-0.39, 0.29) is 42.5 Å². The van der Waals surface area contributed by atoms with Crippen LogP contribution in [0.15, 0.2) is 64.8 Å². The van der Waals surface area contributed by atoms with E-state index < -0.39 is 46.5 Å². The van der Waals surface area contributed by atoms with Crippen LogP contribution in [0.25, 0.3) is 0 Å². The van der Waals surface area contributed by atoms with Gasteiger partial charge in [0, 0.05) is 34.4 Å². The fourth-order valence-corrected chi connectivity index (χ4v) is 7.48. The Balaban J connectivity index is 1.48. The van der Waals surface area contributed by atoms with Crippen LogP contribution in [0.1, 0.15) is 67.3 Å². The van der Waals surface area contributed by atoms with E-state index in [4.69, 9.17) is 25.8 Å². The van der Waals surface area contributed by atoms with Gasteiger partial charge in [0.05, 0.1) is 24.4 Å². The molecule has 1 saturated heterocycles. The first-order chi connectivity index (χ1) is 20.8. The van der Waals surface area contributed by atoms with Gasteiger partial charge in [-0.25, -0.2) is 4.79 Å². The lowest BCUT2D eigenvalue weighted by atomic mass is 9.45. The second-order valence-electron chi connectivity index (χ2n) is 12.6. The molecule has 0 aromatic heterocycles. The summed E-state index contributed by atoms with van der Waals surface area (Å²) >= 11 is 5.97. The highest BCUT2D eigenvalue weighted by molar-refractivity contribution is 6.30. The van der Waals surface area contributed by atoms with Crippen LogP contribution in [0.2, 0.25) is 5.02 Å². The maximum atomic E-state index is 14.5. The summed E-state index contributed by atoms with van der Waals surface area (Å²) in [4.78, 5) is 41.8. The van der Waals surface area contributed by atoms with Crippen molar-refractivity contribution in [1.82, 2.24) is 0 Å². The number of hydrogen-bond acceptors (Lipinski definition) is 8. The molecule has 44 heavy (non-hydrogen) atoms. The molecule has 2 aliphatic heterocycles. The number of carbonyl (C=O) groups excluding carboxylic acids is 3. The lowest BCUT2D eigenvalue weighted by Crippen LogP contribution is -2.78. The van der Waals surface area contributed by atoms with E-state index in [0.29, 0.717) is 33.7 Å². The third-order valence-electron chi connectivity index (χ3n) is 9.52. The van der Waals surface area contributed by atoms with Gasteiger partial charge < -0.3 is 24.4 Å². The molecule has 1 spiro atoms. The lowest BCUT2D eigenvalue weighted by Gasteiger charge is -2.62. The molecule has 230 valence electrons. The largest absolute Gasteiger partial charge is 0.507 e. The number of ketones is 2. The molecule has 2 N–H and O–H groups in total. The standard InChI is InChI=1S/C35H35ClO8/c1-17(2)6-12-22-26(37)14-27(38)28-30(39)29-24(13-7-18(3)4)35-32(40)19(5)23(25(16-43-35)34(29,35)44-31(22)28)15-42-33(41)20-8-10-21(36)11-9-20/h6-11,14,19,23,25,37-38H,12-13,15-16H2,1-5H3. The van der Waals surface area contributed by atoms with Gasteiger partial charge in [-0.05, 0) is 70.4 Å². The molecule has 9 heteroatoms. The number of ether oxygens (including phenoxy) is 3. The predicted molar refractivity (Wildman–Crippen MR) is 163 cm³/mol. The number of hydrogen-bond donors (Lipinski definition) is 2. The van der Waals surface area contributed by atoms with Crippen molar-refractivity contribution in [3.8, 4) is 17.2 Å². The fraction of sp³-hybridized carbons (Fsp3) is 0.400. The summed E-state index contributed by atoms with van der Waals surface area (Å²) in [6, 6.07) is 7.49. The molecule has 2 heterocycles. The van der Waals surface area contributed by atoms with Gasteiger partial charge in [-0.2, -0.15) is 0 Å². The van der Waals surface area contributed by atoms with Crippen LogP contribution in [0.3, 0.4) is 0 Å². The third kappa shape index (κ3) is 4.10. The van der Waals surface area contributed by atoms with Gasteiger partial charge in [0.15, 0.2) is 17.0 Å². The molecule has 6 rings (SSSR count). The number of phenols is 2. The van der Waals surface area contributed by atoms with Crippen LogP contribution >= 0.6 is 11.6 Å². The van der Waals surface area contributed by atoms with Gasteiger partial charge in [0.25, 0.3) is 0 Å². The Hall–Kier alpha value is -3.88. The highest BCUT2D eigenvalue weighted by Gasteiger charge is 2.84. The van der Waals surface area contributed by atoms with Crippen molar-refractivity contribution in [2.45, 2.75) is 58.7 Å². The molecule has 1 saturated carbocycles. The summed E-state index contributed by atoms with van der Waals surface area (Å²) < 4.78 is 19.0. The van der Waals surface area contributed by atoms with E-state index in [1.54, 1.807) is 31.2 Å². The summed E-state index contributed by atoms with van der Waals surface area (Å²) in [7, 11) is 0. The summed E-state index contributed by atoms with van der Waals surface area (Å²) in [5.41, 5.74) is 0.430. The molecule has 0 amide bonds. The maximum Gasteiger partial charge on any atom is 0.338 e. The lowest BCUT2D eigenvalue weighted by molar-refractivity contribution is -0.171. The SMILES string of the molecule is CC(C)=CCC1=C2C(=O)c3c(O)cc(O)c(CC=C(C)C)c3OC23C2COC13C(=O)C(C)C2COC(=O)c1ccc(Cl)cc1. The number of fused-ring (bicyclic) bond motifs is 1. The first-order valence-electron chi connectivity index (χ1n) is 14.8. The second-order valence-corrected chi connectivity index (χ2v) is 13.0. The Morgan fingerprint density at radius 2 is 1.70 bits per heavy atom. The Morgan fingerprint density at radius 3 is 2.36 bits per heavy atom. The first kappa shape index (κ1) is 30.2. The van der Waals surface area contributed by atoms with E-state index >= 15 is 0 Å². The number of benzene rings is 2. The molecule has 2 bridgehead atoms. The molecular formula is C35H35ClO8. The molecule has 5 unspecified atom stereocenters. The normalized spacial score (nSPS) is 27.8. The van der Waals surface area contributed by atoms with Crippen molar-refractivity contribution < 1.29 is 38.8 Å². The summed E-state index contributed by atoms with van der Waals surface area (Å²) in [5, 5.41) is 22.3. The van der Waals surface area contributed by atoms with E-state index in [0.717, 1.165) is 17.2 Å². The van der Waals surface area contributed by atoms with E-state index in [1.807, 2.05) is 39.8 Å². The number of aromatic hydroxyl groups is 2. The molecule has 4 aliphatic rings. The minimum absolute atomic E-state index is 0.0404. The average Bonchev–Trinajstić information content (AvgIpc) is 3.13. The molecular weight excluding hydrogens is 584 g/mol. The number of halogens is 1. The second kappa shape index (κ2) is 10.6. The number of esters is 1. The Morgan fingerprint density at radius 1 is 1.05 bits per heavy atom. The van der Waals surface area contributed by atoms with Gasteiger partial charge in [0.1, 0.15) is 22.8 Å². The number of allylic oxidation sites excluding steroid dienone is 4. The summed E-state index contributed by atoms with van der Waals surface area (Å²) in [6.07, 6.45) is 4.37. The molecule has 0 radical (unpaired) electrons. The number of rotatable bonds is 7. The van der Waals surface area contributed by atoms with Gasteiger partial charge in [0.2, 0.25) is 5.78 Å². The van der Waals surface area contributed by atoms with Crippen molar-refractivity contribution in [3.63, 3.8) is 0 Å². The first-order valence-corrected chi connectivity index (χ1v) is 15.2. The average molecular weight is 619 g/mol. The smallest absolute Gasteiger partial charge is 0.338 e. The van der Waals surface area contributed by atoms with Gasteiger partial charge in [-0.1, -0.05) is 41.8 Å². The topological polar surface area (TPSA) is 119 Å². The van der Waals surface area contributed by atoms with Crippen molar-refractivity contribution in [1.29, 1.82) is 0 Å². The maximum absolute atomic E-state index is 14.5. The Labute approximate surface area is 261 Å². The molecule has 2 aliphatic carbocycles. The molecule has 2 fully saturated rings. The molecule has 2 aromatic rings. The van der Waals surface area contributed by atoms with Crippen molar-refractivity contribution in [2.75, 3.05) is 13.2 Å². The van der Waals surface area contributed by atoms with Crippen molar-refractivity contribution in [2.24, 2.45) is 17.8 Å². The molecule has 8 nitrogen and oxygen atoms in total. The summed E-state index contributed by atoms with van der Waals surface area (Å²) in [5.74, 6) is -3.46. The minimum atomic E-state index is -1.52. The van der Waals surface area contributed by atoms with Crippen molar-refractivity contribution in [3.05, 3.63) is 86.5 Å². The Kier molecular flexibility index (Phi) is 7.29. The molecule has 2 aromatic carbocycles. The highest BCUT2D eigenvalue weighted by Crippen LogP contribution is 2.70. The zero-order chi connectivity index (χ0) is 31.7. The van der Waals surface area contributed by atoms with Crippen LogP contribution in [-0.4, -0.2) is 52.2 Å². The van der Waals surface area contributed by atoms with Crippen LogP contribution in [0.5, 0.6) is 17.2 Å². The number of Topliss-reactive ketones (excluding diaryl/α,β-unsaturated/α-hetero) is 2. The van der Waals surface area contributed by atoms with Crippen LogP contribution in [0.4, 0.5) is 0 Å². The van der Waals surface area contributed by atoms with Crippen molar-refractivity contribution >= 4 is 29.1 Å².